The molecule has 0 aliphatic carbocycles. The van der Waals surface area contributed by atoms with E-state index in [1.165, 1.54) is 0 Å². The second-order valence-corrected chi connectivity index (χ2v) is 7.69. The number of ether oxygens (including phenoxy) is 1. The topological polar surface area (TPSA) is 83.0 Å². The van der Waals surface area contributed by atoms with Gasteiger partial charge in [-0.05, 0) is 30.0 Å². The number of para-hydroxylation sites is 2. The molecule has 3 aromatic heterocycles. The highest BCUT2D eigenvalue weighted by Gasteiger charge is 2.25. The highest BCUT2D eigenvalue weighted by molar-refractivity contribution is 7.09. The minimum atomic E-state index is -0.437. The molecule has 0 aliphatic heterocycles. The van der Waals surface area contributed by atoms with Crippen LogP contribution in [0.15, 0.2) is 41.8 Å². The molecule has 4 aromatic rings. The monoisotopic (exact) mass is 394 g/mol. The van der Waals surface area contributed by atoms with Crippen molar-refractivity contribution in [2.75, 3.05) is 12.3 Å². The first-order valence-electron chi connectivity index (χ1n) is 9.43. The van der Waals surface area contributed by atoms with Gasteiger partial charge in [-0.25, -0.2) is 14.8 Å². The van der Waals surface area contributed by atoms with Crippen molar-refractivity contribution in [2.45, 2.75) is 32.7 Å². The second-order valence-electron chi connectivity index (χ2n) is 6.65. The average molecular weight is 395 g/mol. The van der Waals surface area contributed by atoms with Gasteiger partial charge in [-0.3, -0.25) is 0 Å². The Balaban J connectivity index is 1.81. The summed E-state index contributed by atoms with van der Waals surface area (Å²) in [5.74, 6) is -0.0905. The predicted molar refractivity (Wildman–Crippen MR) is 113 cm³/mol. The maximum atomic E-state index is 12.8. The summed E-state index contributed by atoms with van der Waals surface area (Å²) in [4.78, 5) is 23.4. The van der Waals surface area contributed by atoms with Crippen LogP contribution in [0, 0.1) is 0 Å². The number of benzene rings is 1. The van der Waals surface area contributed by atoms with Crippen LogP contribution in [0.5, 0.6) is 0 Å². The van der Waals surface area contributed by atoms with Crippen LogP contribution in [0.4, 0.5) is 5.82 Å². The molecule has 0 saturated heterocycles. The van der Waals surface area contributed by atoms with Crippen LogP contribution in [-0.2, 0) is 11.3 Å². The zero-order valence-corrected chi connectivity index (χ0v) is 16.5. The SMILES string of the molecule is CCCCCOC(=O)c1c(N)n(Cc2cccs2)c2nc3ccccc3nc12. The smallest absolute Gasteiger partial charge is 0.344 e. The summed E-state index contributed by atoms with van der Waals surface area (Å²) in [7, 11) is 0. The molecule has 4 rings (SSSR count). The van der Waals surface area contributed by atoms with Gasteiger partial charge in [0.2, 0.25) is 0 Å². The van der Waals surface area contributed by atoms with Crippen molar-refractivity contribution in [3.63, 3.8) is 0 Å². The fourth-order valence-electron chi connectivity index (χ4n) is 3.23. The van der Waals surface area contributed by atoms with Gasteiger partial charge in [0.25, 0.3) is 0 Å². The van der Waals surface area contributed by atoms with Crippen LogP contribution in [0.2, 0.25) is 0 Å². The standard InChI is InChI=1S/C21H22N4O2S/c1-2-3-6-11-27-21(26)17-18-20(24-16-10-5-4-9-15(16)23-18)25(19(17)22)13-14-8-7-12-28-14/h4-5,7-10,12H,2-3,6,11,13,22H2,1H3. The molecule has 6 nitrogen and oxygen atoms in total. The molecule has 28 heavy (non-hydrogen) atoms. The van der Waals surface area contributed by atoms with Gasteiger partial charge in [0.05, 0.1) is 24.2 Å². The number of hydrogen-bond donors (Lipinski definition) is 1. The molecule has 1 aromatic carbocycles. The van der Waals surface area contributed by atoms with Gasteiger partial charge in [0, 0.05) is 4.88 Å². The zero-order valence-electron chi connectivity index (χ0n) is 15.7. The van der Waals surface area contributed by atoms with Gasteiger partial charge in [0.15, 0.2) is 5.65 Å². The van der Waals surface area contributed by atoms with Gasteiger partial charge in [-0.1, -0.05) is 38.0 Å². The number of nitrogens with zero attached hydrogens (tertiary/aromatic N) is 3. The Morgan fingerprint density at radius 1 is 1.14 bits per heavy atom. The van der Waals surface area contributed by atoms with Crippen LogP contribution < -0.4 is 5.73 Å². The minimum absolute atomic E-state index is 0.307. The molecule has 0 radical (unpaired) electrons. The van der Waals surface area contributed by atoms with Crippen molar-refractivity contribution >= 4 is 45.3 Å². The van der Waals surface area contributed by atoms with E-state index in [2.05, 4.69) is 6.92 Å². The molecule has 0 spiro atoms. The van der Waals surface area contributed by atoms with Gasteiger partial charge in [-0.2, -0.15) is 0 Å². The van der Waals surface area contributed by atoms with Gasteiger partial charge in [-0.15, -0.1) is 11.3 Å². The number of thiophene rings is 1. The zero-order chi connectivity index (χ0) is 19.5. The van der Waals surface area contributed by atoms with E-state index in [1.807, 2.05) is 46.3 Å². The Hall–Kier alpha value is -2.93. The van der Waals surface area contributed by atoms with Crippen molar-refractivity contribution in [1.82, 2.24) is 14.5 Å². The number of esters is 1. The number of aromatic nitrogens is 3. The first-order valence-corrected chi connectivity index (χ1v) is 10.3. The number of hydrogen-bond acceptors (Lipinski definition) is 6. The van der Waals surface area contributed by atoms with E-state index >= 15 is 0 Å². The molecule has 0 fully saturated rings. The van der Waals surface area contributed by atoms with Crippen molar-refractivity contribution in [3.8, 4) is 0 Å². The molecule has 0 atom stereocenters. The lowest BCUT2D eigenvalue weighted by Crippen LogP contribution is -2.11. The van der Waals surface area contributed by atoms with E-state index in [-0.39, 0.29) is 0 Å². The molecule has 0 bridgehead atoms. The van der Waals surface area contributed by atoms with E-state index < -0.39 is 5.97 Å². The van der Waals surface area contributed by atoms with E-state index in [0.717, 1.165) is 35.2 Å². The van der Waals surface area contributed by atoms with E-state index in [1.54, 1.807) is 11.3 Å². The van der Waals surface area contributed by atoms with Crippen LogP contribution in [0.3, 0.4) is 0 Å². The average Bonchev–Trinajstić information content (AvgIpc) is 3.30. The number of nitrogen functional groups attached to an aromatic ring is 1. The number of anilines is 1. The molecular formula is C21H22N4O2S. The lowest BCUT2D eigenvalue weighted by molar-refractivity contribution is 0.0501. The van der Waals surface area contributed by atoms with Crippen molar-refractivity contribution in [3.05, 3.63) is 52.2 Å². The van der Waals surface area contributed by atoms with Crippen LogP contribution in [0.1, 0.15) is 41.4 Å². The molecule has 2 N–H and O–H groups in total. The third kappa shape index (κ3) is 3.45. The summed E-state index contributed by atoms with van der Waals surface area (Å²) in [6.07, 6.45) is 2.93. The van der Waals surface area contributed by atoms with Gasteiger partial charge < -0.3 is 15.0 Å². The highest BCUT2D eigenvalue weighted by Crippen LogP contribution is 2.30. The van der Waals surface area contributed by atoms with Crippen LogP contribution in [0.25, 0.3) is 22.2 Å². The van der Waals surface area contributed by atoms with Crippen molar-refractivity contribution in [1.29, 1.82) is 0 Å². The maximum Gasteiger partial charge on any atom is 0.344 e. The van der Waals surface area contributed by atoms with Gasteiger partial charge in [0.1, 0.15) is 16.9 Å². The van der Waals surface area contributed by atoms with Crippen LogP contribution >= 0.6 is 11.3 Å². The van der Waals surface area contributed by atoms with Crippen molar-refractivity contribution in [2.24, 2.45) is 0 Å². The predicted octanol–water partition coefficient (Wildman–Crippen LogP) is 4.62. The summed E-state index contributed by atoms with van der Waals surface area (Å²) < 4.78 is 7.33. The third-order valence-corrected chi connectivity index (χ3v) is 5.53. The van der Waals surface area contributed by atoms with E-state index in [0.29, 0.717) is 35.7 Å². The summed E-state index contributed by atoms with van der Waals surface area (Å²) in [5.41, 5.74) is 9.31. The Morgan fingerprint density at radius 2 is 1.93 bits per heavy atom. The minimum Gasteiger partial charge on any atom is -0.462 e. The summed E-state index contributed by atoms with van der Waals surface area (Å²) in [6.45, 7) is 3.03. The first-order chi connectivity index (χ1) is 13.7. The molecule has 0 amide bonds. The number of carbonyl (C=O) groups is 1. The Morgan fingerprint density at radius 3 is 2.64 bits per heavy atom. The fourth-order valence-corrected chi connectivity index (χ4v) is 3.92. The Labute approximate surface area is 167 Å². The summed E-state index contributed by atoms with van der Waals surface area (Å²) in [5, 5.41) is 2.02. The second kappa shape index (κ2) is 7.98. The van der Waals surface area contributed by atoms with E-state index in [9.17, 15) is 4.79 Å². The van der Waals surface area contributed by atoms with Gasteiger partial charge >= 0.3 is 5.97 Å². The molecule has 0 aliphatic rings. The largest absolute Gasteiger partial charge is 0.462 e. The molecule has 7 heteroatoms. The Bertz CT molecular complexity index is 1120. The molecule has 0 unspecified atom stereocenters. The maximum absolute atomic E-state index is 12.8. The third-order valence-electron chi connectivity index (χ3n) is 4.67. The number of nitrogens with two attached hydrogens (primary N) is 1. The first kappa shape index (κ1) is 18.4. The number of fused-ring (bicyclic) bond motifs is 2. The molecule has 144 valence electrons. The fraction of sp³-hybridized carbons (Fsp3) is 0.286. The highest BCUT2D eigenvalue weighted by atomic mass is 32.1. The summed E-state index contributed by atoms with van der Waals surface area (Å²) in [6, 6.07) is 11.6. The molecule has 3 heterocycles. The van der Waals surface area contributed by atoms with Crippen molar-refractivity contribution < 1.29 is 9.53 Å². The number of carbonyl (C=O) groups excluding carboxylic acids is 1. The molecule has 0 saturated carbocycles. The Kier molecular flexibility index (Phi) is 5.25. The van der Waals surface area contributed by atoms with E-state index in [4.69, 9.17) is 20.4 Å². The van der Waals surface area contributed by atoms with Crippen LogP contribution in [-0.4, -0.2) is 27.1 Å². The lowest BCUT2D eigenvalue weighted by Gasteiger charge is -2.06. The molecular weight excluding hydrogens is 372 g/mol. The lowest BCUT2D eigenvalue weighted by atomic mass is 10.2. The number of rotatable bonds is 7. The quantitative estimate of drug-likeness (QED) is 0.365. The summed E-state index contributed by atoms with van der Waals surface area (Å²) >= 11 is 1.63. The number of unbranched alkanes of at least 4 members (excludes halogenated alkanes) is 2. The normalized spacial score (nSPS) is 11.3.